The molecular formula is C12H26N2O. The summed E-state index contributed by atoms with van der Waals surface area (Å²) in [6, 6.07) is 0.369. The third-order valence-corrected chi connectivity index (χ3v) is 2.66. The summed E-state index contributed by atoms with van der Waals surface area (Å²) in [5.41, 5.74) is 0. The highest BCUT2D eigenvalue weighted by Gasteiger charge is 2.11. The zero-order valence-electron chi connectivity index (χ0n) is 10.7. The van der Waals surface area contributed by atoms with E-state index in [-0.39, 0.29) is 6.03 Å². The zero-order valence-corrected chi connectivity index (χ0v) is 10.7. The molecule has 0 bridgehead atoms. The monoisotopic (exact) mass is 214 g/mol. The lowest BCUT2D eigenvalue weighted by atomic mass is 10.1. The lowest BCUT2D eigenvalue weighted by Crippen LogP contribution is -2.43. The van der Waals surface area contributed by atoms with Crippen LogP contribution >= 0.6 is 0 Å². The number of hydrogen-bond donors (Lipinski definition) is 1. The molecular weight excluding hydrogens is 188 g/mol. The van der Waals surface area contributed by atoms with Gasteiger partial charge in [0.25, 0.3) is 0 Å². The Morgan fingerprint density at radius 1 is 1.20 bits per heavy atom. The second kappa shape index (κ2) is 8.57. The first-order valence-electron chi connectivity index (χ1n) is 6.21. The second-order valence-corrected chi connectivity index (χ2v) is 4.02. The second-order valence-electron chi connectivity index (χ2n) is 4.02. The van der Waals surface area contributed by atoms with E-state index in [0.717, 1.165) is 19.5 Å². The molecule has 0 aliphatic carbocycles. The van der Waals surface area contributed by atoms with Crippen molar-refractivity contribution in [2.75, 3.05) is 13.1 Å². The van der Waals surface area contributed by atoms with Crippen LogP contribution in [0.2, 0.25) is 0 Å². The minimum atomic E-state index is 0.0731. The fourth-order valence-corrected chi connectivity index (χ4v) is 1.59. The van der Waals surface area contributed by atoms with Gasteiger partial charge in [-0.2, -0.15) is 0 Å². The van der Waals surface area contributed by atoms with Crippen LogP contribution in [0.5, 0.6) is 0 Å². The average molecular weight is 214 g/mol. The molecule has 0 heterocycles. The predicted molar refractivity (Wildman–Crippen MR) is 65.1 cm³/mol. The molecule has 90 valence electrons. The highest BCUT2D eigenvalue weighted by atomic mass is 16.2. The Hall–Kier alpha value is -0.730. The number of rotatable bonds is 7. The van der Waals surface area contributed by atoms with E-state index in [2.05, 4.69) is 19.2 Å². The van der Waals surface area contributed by atoms with Crippen molar-refractivity contribution in [1.82, 2.24) is 10.2 Å². The van der Waals surface area contributed by atoms with Gasteiger partial charge in [-0.25, -0.2) is 4.79 Å². The molecule has 1 N–H and O–H groups in total. The van der Waals surface area contributed by atoms with Crippen molar-refractivity contribution in [1.29, 1.82) is 0 Å². The van der Waals surface area contributed by atoms with E-state index in [1.165, 1.54) is 19.3 Å². The molecule has 1 atom stereocenters. The van der Waals surface area contributed by atoms with Gasteiger partial charge in [-0.1, -0.05) is 26.2 Å². The molecule has 15 heavy (non-hydrogen) atoms. The summed E-state index contributed by atoms with van der Waals surface area (Å²) in [5, 5.41) is 3.03. The van der Waals surface area contributed by atoms with E-state index < -0.39 is 0 Å². The first kappa shape index (κ1) is 14.3. The molecule has 0 saturated heterocycles. The number of nitrogens with zero attached hydrogens (tertiary/aromatic N) is 1. The number of carbonyl (C=O) groups is 1. The van der Waals surface area contributed by atoms with Crippen molar-refractivity contribution in [3.63, 3.8) is 0 Å². The summed E-state index contributed by atoms with van der Waals surface area (Å²) in [4.78, 5) is 13.5. The Morgan fingerprint density at radius 2 is 1.80 bits per heavy atom. The molecule has 3 nitrogen and oxygen atoms in total. The van der Waals surface area contributed by atoms with Crippen molar-refractivity contribution in [2.45, 2.75) is 59.4 Å². The van der Waals surface area contributed by atoms with Crippen molar-refractivity contribution in [2.24, 2.45) is 0 Å². The molecule has 0 radical (unpaired) electrons. The van der Waals surface area contributed by atoms with Gasteiger partial charge in [-0.15, -0.1) is 0 Å². The largest absolute Gasteiger partial charge is 0.336 e. The SMILES string of the molecule is CCCCCC(C)NC(=O)N(CC)CC. The number of urea groups is 1. The summed E-state index contributed by atoms with van der Waals surface area (Å²) >= 11 is 0. The minimum absolute atomic E-state index is 0.0731. The summed E-state index contributed by atoms with van der Waals surface area (Å²) in [6.45, 7) is 9.85. The molecule has 0 aromatic heterocycles. The van der Waals surface area contributed by atoms with Gasteiger partial charge in [0.2, 0.25) is 0 Å². The smallest absolute Gasteiger partial charge is 0.317 e. The summed E-state index contributed by atoms with van der Waals surface area (Å²) in [7, 11) is 0. The number of unbranched alkanes of at least 4 members (excludes halogenated alkanes) is 2. The molecule has 0 fully saturated rings. The van der Waals surface area contributed by atoms with Crippen LogP contribution < -0.4 is 5.32 Å². The molecule has 0 aromatic rings. The van der Waals surface area contributed by atoms with Crippen LogP contribution in [0.1, 0.15) is 53.4 Å². The molecule has 0 rings (SSSR count). The van der Waals surface area contributed by atoms with Crippen molar-refractivity contribution in [3.05, 3.63) is 0 Å². The van der Waals surface area contributed by atoms with E-state index >= 15 is 0 Å². The molecule has 0 aromatic carbocycles. The maximum Gasteiger partial charge on any atom is 0.317 e. The van der Waals surface area contributed by atoms with Gasteiger partial charge in [-0.05, 0) is 27.2 Å². The average Bonchev–Trinajstić information content (AvgIpc) is 2.20. The maximum absolute atomic E-state index is 11.7. The molecule has 0 saturated carbocycles. The number of hydrogen-bond acceptors (Lipinski definition) is 1. The van der Waals surface area contributed by atoms with Crippen molar-refractivity contribution < 1.29 is 4.79 Å². The van der Waals surface area contributed by atoms with Gasteiger partial charge in [0, 0.05) is 19.1 Å². The Kier molecular flexibility index (Phi) is 8.15. The molecule has 0 aliphatic rings. The highest BCUT2D eigenvalue weighted by molar-refractivity contribution is 5.74. The van der Waals surface area contributed by atoms with Gasteiger partial charge in [0.05, 0.1) is 0 Å². The molecule has 0 spiro atoms. The standard InChI is InChI=1S/C12H26N2O/c1-5-8-9-10-11(4)13-12(15)14(6-2)7-3/h11H,5-10H2,1-4H3,(H,13,15). The first-order chi connectivity index (χ1) is 7.15. The van der Waals surface area contributed by atoms with Crippen LogP contribution in [-0.2, 0) is 0 Å². The summed E-state index contributed by atoms with van der Waals surface area (Å²) < 4.78 is 0. The van der Waals surface area contributed by atoms with Gasteiger partial charge in [0.1, 0.15) is 0 Å². The quantitative estimate of drug-likeness (QED) is 0.649. The number of amides is 2. The fraction of sp³-hybridized carbons (Fsp3) is 0.917. The Morgan fingerprint density at radius 3 is 2.27 bits per heavy atom. The Balaban J connectivity index is 3.74. The predicted octanol–water partition coefficient (Wildman–Crippen LogP) is 3.01. The molecule has 2 amide bonds. The lowest BCUT2D eigenvalue weighted by Gasteiger charge is -2.22. The topological polar surface area (TPSA) is 32.3 Å². The van der Waals surface area contributed by atoms with Crippen LogP contribution in [0.3, 0.4) is 0 Å². The third kappa shape index (κ3) is 6.37. The number of carbonyl (C=O) groups excluding carboxylic acids is 1. The van der Waals surface area contributed by atoms with Gasteiger partial charge < -0.3 is 10.2 Å². The van der Waals surface area contributed by atoms with Gasteiger partial charge >= 0.3 is 6.03 Å². The Labute approximate surface area is 94.2 Å². The van der Waals surface area contributed by atoms with E-state index in [1.807, 2.05) is 18.7 Å². The van der Waals surface area contributed by atoms with E-state index in [0.29, 0.717) is 6.04 Å². The van der Waals surface area contributed by atoms with Crippen molar-refractivity contribution in [3.8, 4) is 0 Å². The van der Waals surface area contributed by atoms with Crippen LogP contribution in [-0.4, -0.2) is 30.1 Å². The van der Waals surface area contributed by atoms with E-state index in [9.17, 15) is 4.79 Å². The summed E-state index contributed by atoms with van der Waals surface area (Å²) in [6.07, 6.45) is 4.78. The third-order valence-electron chi connectivity index (χ3n) is 2.66. The fourth-order valence-electron chi connectivity index (χ4n) is 1.59. The van der Waals surface area contributed by atoms with Crippen LogP contribution in [0.25, 0.3) is 0 Å². The van der Waals surface area contributed by atoms with E-state index in [1.54, 1.807) is 0 Å². The van der Waals surface area contributed by atoms with E-state index in [4.69, 9.17) is 0 Å². The molecule has 0 aliphatic heterocycles. The lowest BCUT2D eigenvalue weighted by molar-refractivity contribution is 0.199. The van der Waals surface area contributed by atoms with Gasteiger partial charge in [-0.3, -0.25) is 0 Å². The molecule has 1 unspecified atom stereocenters. The van der Waals surface area contributed by atoms with Crippen molar-refractivity contribution >= 4 is 6.03 Å². The Bertz CT molecular complexity index is 167. The minimum Gasteiger partial charge on any atom is -0.336 e. The molecule has 3 heteroatoms. The van der Waals surface area contributed by atoms with Gasteiger partial charge in [0.15, 0.2) is 0 Å². The maximum atomic E-state index is 11.7. The highest BCUT2D eigenvalue weighted by Crippen LogP contribution is 2.03. The summed E-state index contributed by atoms with van der Waals surface area (Å²) in [5.74, 6) is 0. The first-order valence-corrected chi connectivity index (χ1v) is 6.21. The van der Waals surface area contributed by atoms with Crippen LogP contribution in [0, 0.1) is 0 Å². The normalized spacial score (nSPS) is 12.3. The van der Waals surface area contributed by atoms with Crippen LogP contribution in [0.15, 0.2) is 0 Å². The van der Waals surface area contributed by atoms with Crippen LogP contribution in [0.4, 0.5) is 4.79 Å². The number of nitrogens with one attached hydrogen (secondary N) is 1. The zero-order chi connectivity index (χ0) is 11.7.